The fourth-order valence-corrected chi connectivity index (χ4v) is 2.24. The summed E-state index contributed by atoms with van der Waals surface area (Å²) in [7, 11) is 0. The first-order valence-electron chi connectivity index (χ1n) is 6.04. The summed E-state index contributed by atoms with van der Waals surface area (Å²) in [4.78, 5) is 28.4. The molecule has 1 heterocycles. The molecule has 21 heavy (non-hydrogen) atoms. The van der Waals surface area contributed by atoms with Crippen LogP contribution in [0.1, 0.15) is 20.8 Å². The van der Waals surface area contributed by atoms with Crippen molar-refractivity contribution in [2.75, 3.05) is 5.32 Å². The monoisotopic (exact) mass is 302 g/mol. The standard InChI is InChI=1S/C15H8ClFN2O2/c16-11-13(19-9-5-3-8(17)4-6-9)15(21)12-10(14(11)20)2-1-7-18-12/h1-7,19H. The van der Waals surface area contributed by atoms with Crippen LogP contribution in [0.2, 0.25) is 0 Å². The number of halogens is 2. The van der Waals surface area contributed by atoms with E-state index in [1.165, 1.54) is 36.5 Å². The molecule has 1 aromatic carbocycles. The molecule has 0 saturated heterocycles. The van der Waals surface area contributed by atoms with E-state index < -0.39 is 17.4 Å². The van der Waals surface area contributed by atoms with E-state index in [4.69, 9.17) is 11.6 Å². The predicted octanol–water partition coefficient (Wildman–Crippen LogP) is 3.16. The Bertz CT molecular complexity index is 785. The Morgan fingerprint density at radius 1 is 1.05 bits per heavy atom. The van der Waals surface area contributed by atoms with E-state index in [1.807, 2.05) is 0 Å². The number of nitrogens with one attached hydrogen (secondary N) is 1. The summed E-state index contributed by atoms with van der Waals surface area (Å²) in [6.45, 7) is 0. The van der Waals surface area contributed by atoms with Crippen LogP contribution in [0.5, 0.6) is 0 Å². The van der Waals surface area contributed by atoms with Gasteiger partial charge in [0.1, 0.15) is 22.2 Å². The molecule has 104 valence electrons. The molecule has 0 saturated carbocycles. The third-order valence-corrected chi connectivity index (χ3v) is 3.39. The van der Waals surface area contributed by atoms with Gasteiger partial charge in [-0.05, 0) is 36.4 Å². The Kier molecular flexibility index (Phi) is 3.27. The fourth-order valence-electron chi connectivity index (χ4n) is 2.01. The van der Waals surface area contributed by atoms with E-state index in [9.17, 15) is 14.0 Å². The summed E-state index contributed by atoms with van der Waals surface area (Å²) < 4.78 is 12.9. The first kappa shape index (κ1) is 13.5. The lowest BCUT2D eigenvalue weighted by Crippen LogP contribution is -2.25. The second-order valence-electron chi connectivity index (χ2n) is 4.38. The third-order valence-electron chi connectivity index (χ3n) is 3.03. The Morgan fingerprint density at radius 3 is 2.48 bits per heavy atom. The molecule has 0 spiro atoms. The molecule has 0 amide bonds. The first-order valence-corrected chi connectivity index (χ1v) is 6.42. The molecule has 6 heteroatoms. The SMILES string of the molecule is O=C1C(Cl)=C(Nc2ccc(F)cc2)C(=O)c2ncccc21. The van der Waals surface area contributed by atoms with Crippen LogP contribution < -0.4 is 5.32 Å². The highest BCUT2D eigenvalue weighted by molar-refractivity contribution is 6.50. The van der Waals surface area contributed by atoms with Crippen molar-refractivity contribution < 1.29 is 14.0 Å². The van der Waals surface area contributed by atoms with Gasteiger partial charge in [0.15, 0.2) is 0 Å². The number of hydrogen-bond donors (Lipinski definition) is 1. The van der Waals surface area contributed by atoms with Crippen molar-refractivity contribution in [1.29, 1.82) is 0 Å². The minimum atomic E-state index is -0.473. The smallest absolute Gasteiger partial charge is 0.229 e. The van der Waals surface area contributed by atoms with Gasteiger partial charge in [-0.1, -0.05) is 11.6 Å². The highest BCUT2D eigenvalue weighted by Gasteiger charge is 2.32. The highest BCUT2D eigenvalue weighted by atomic mass is 35.5. The van der Waals surface area contributed by atoms with E-state index >= 15 is 0 Å². The summed E-state index contributed by atoms with van der Waals surface area (Å²) in [6, 6.07) is 8.42. The van der Waals surface area contributed by atoms with E-state index in [0.29, 0.717) is 5.69 Å². The lowest BCUT2D eigenvalue weighted by molar-refractivity contribution is 0.0978. The lowest BCUT2D eigenvalue weighted by Gasteiger charge is -2.18. The molecule has 0 atom stereocenters. The van der Waals surface area contributed by atoms with Crippen molar-refractivity contribution in [3.05, 3.63) is 70.4 Å². The van der Waals surface area contributed by atoms with Crippen LogP contribution in [0.15, 0.2) is 53.3 Å². The van der Waals surface area contributed by atoms with Crippen LogP contribution in [0, 0.1) is 5.82 Å². The van der Waals surface area contributed by atoms with Crippen molar-refractivity contribution in [3.63, 3.8) is 0 Å². The Balaban J connectivity index is 2.02. The van der Waals surface area contributed by atoms with Crippen molar-refractivity contribution in [2.24, 2.45) is 0 Å². The van der Waals surface area contributed by atoms with Gasteiger partial charge in [-0.2, -0.15) is 0 Å². The summed E-state index contributed by atoms with van der Waals surface area (Å²) in [5.74, 6) is -1.35. The van der Waals surface area contributed by atoms with Crippen molar-refractivity contribution >= 4 is 28.9 Å². The van der Waals surface area contributed by atoms with Crippen molar-refractivity contribution in [3.8, 4) is 0 Å². The molecule has 1 aliphatic rings. The molecular weight excluding hydrogens is 295 g/mol. The number of ketones is 2. The third kappa shape index (κ3) is 2.32. The van der Waals surface area contributed by atoms with E-state index in [2.05, 4.69) is 10.3 Å². The molecule has 0 unspecified atom stereocenters. The average Bonchev–Trinajstić information content (AvgIpc) is 2.51. The number of pyridine rings is 1. The van der Waals surface area contributed by atoms with Gasteiger partial charge in [-0.25, -0.2) is 4.39 Å². The molecule has 1 N–H and O–H groups in total. The Labute approximate surface area is 124 Å². The number of allylic oxidation sites excluding steroid dienone is 2. The number of fused-ring (bicyclic) bond motifs is 1. The van der Waals surface area contributed by atoms with Crippen LogP contribution in [-0.2, 0) is 0 Å². The summed E-state index contributed by atoms with van der Waals surface area (Å²) >= 11 is 5.98. The summed E-state index contributed by atoms with van der Waals surface area (Å²) in [5.41, 5.74) is 0.623. The maximum absolute atomic E-state index is 12.9. The first-order chi connectivity index (χ1) is 10.1. The Hall–Kier alpha value is -2.53. The molecule has 4 nitrogen and oxygen atoms in total. The maximum atomic E-state index is 12.9. The van der Waals surface area contributed by atoms with Gasteiger partial charge in [0, 0.05) is 11.9 Å². The molecule has 2 aromatic rings. The molecule has 3 rings (SSSR count). The van der Waals surface area contributed by atoms with Gasteiger partial charge in [0.05, 0.1) is 5.56 Å². The predicted molar refractivity (Wildman–Crippen MR) is 75.8 cm³/mol. The minimum Gasteiger partial charge on any atom is -0.351 e. The van der Waals surface area contributed by atoms with Crippen molar-refractivity contribution in [1.82, 2.24) is 4.98 Å². The molecule has 0 fully saturated rings. The molecule has 1 aliphatic carbocycles. The van der Waals surface area contributed by atoms with Gasteiger partial charge in [-0.15, -0.1) is 0 Å². The zero-order valence-corrected chi connectivity index (χ0v) is 11.3. The maximum Gasteiger partial charge on any atom is 0.229 e. The number of nitrogens with zero attached hydrogens (tertiary/aromatic N) is 1. The van der Waals surface area contributed by atoms with Crippen LogP contribution >= 0.6 is 11.6 Å². The van der Waals surface area contributed by atoms with Crippen molar-refractivity contribution in [2.45, 2.75) is 0 Å². The molecule has 0 aliphatic heterocycles. The number of aromatic nitrogens is 1. The normalized spacial score (nSPS) is 14.2. The molecule has 0 bridgehead atoms. The number of Topliss-reactive ketones (excluding diaryl/α,β-unsaturated/α-hetero) is 2. The number of carbonyl (C=O) groups excluding carboxylic acids is 2. The molecular formula is C15H8ClFN2O2. The molecule has 0 radical (unpaired) electrons. The zero-order valence-electron chi connectivity index (χ0n) is 10.6. The summed E-state index contributed by atoms with van der Waals surface area (Å²) in [6.07, 6.45) is 1.43. The van der Waals surface area contributed by atoms with Crippen LogP contribution in [-0.4, -0.2) is 16.6 Å². The van der Waals surface area contributed by atoms with Gasteiger partial charge in [0.25, 0.3) is 0 Å². The number of hydrogen-bond acceptors (Lipinski definition) is 4. The van der Waals surface area contributed by atoms with Gasteiger partial charge >= 0.3 is 0 Å². The fraction of sp³-hybridized carbons (Fsp3) is 0. The van der Waals surface area contributed by atoms with Crippen LogP contribution in [0.3, 0.4) is 0 Å². The second kappa shape index (κ2) is 5.10. The average molecular weight is 303 g/mol. The zero-order chi connectivity index (χ0) is 15.0. The number of anilines is 1. The topological polar surface area (TPSA) is 59.1 Å². The number of benzene rings is 1. The quantitative estimate of drug-likeness (QED) is 0.925. The van der Waals surface area contributed by atoms with Gasteiger partial charge < -0.3 is 5.32 Å². The minimum absolute atomic E-state index is 0.0523. The van der Waals surface area contributed by atoms with E-state index in [1.54, 1.807) is 6.07 Å². The van der Waals surface area contributed by atoms with Crippen LogP contribution in [0.25, 0.3) is 0 Å². The van der Waals surface area contributed by atoms with E-state index in [0.717, 1.165) is 0 Å². The number of carbonyl (C=O) groups is 2. The summed E-state index contributed by atoms with van der Waals surface area (Å²) in [5, 5.41) is 2.55. The Morgan fingerprint density at radius 2 is 1.76 bits per heavy atom. The van der Waals surface area contributed by atoms with E-state index in [-0.39, 0.29) is 22.0 Å². The second-order valence-corrected chi connectivity index (χ2v) is 4.76. The lowest BCUT2D eigenvalue weighted by atomic mass is 9.97. The van der Waals surface area contributed by atoms with Gasteiger partial charge in [0.2, 0.25) is 11.6 Å². The number of rotatable bonds is 2. The largest absolute Gasteiger partial charge is 0.351 e. The van der Waals surface area contributed by atoms with Gasteiger partial charge in [-0.3, -0.25) is 14.6 Å². The molecule has 1 aromatic heterocycles. The van der Waals surface area contributed by atoms with Crippen LogP contribution in [0.4, 0.5) is 10.1 Å². The highest BCUT2D eigenvalue weighted by Crippen LogP contribution is 2.28.